The Bertz CT molecular complexity index is 707. The summed E-state index contributed by atoms with van der Waals surface area (Å²) < 4.78 is 60.8. The third-order valence-corrected chi connectivity index (χ3v) is 2.93. The van der Waals surface area contributed by atoms with Crippen molar-refractivity contribution in [2.75, 3.05) is 6.61 Å². The summed E-state index contributed by atoms with van der Waals surface area (Å²) in [5, 5.41) is 3.52. The average molecular weight is 317 g/mol. The molecular formula is C14H11F4NO3. The number of rotatable bonds is 3. The van der Waals surface area contributed by atoms with Gasteiger partial charge in [0.15, 0.2) is 11.5 Å². The lowest BCUT2D eigenvalue weighted by Crippen LogP contribution is -2.08. The number of carbonyl (C=O) groups excluding carboxylic acids is 1. The molecule has 0 atom stereocenters. The minimum atomic E-state index is -4.78. The van der Waals surface area contributed by atoms with Crippen molar-refractivity contribution in [2.24, 2.45) is 0 Å². The van der Waals surface area contributed by atoms with Crippen LogP contribution in [0.5, 0.6) is 0 Å². The summed E-state index contributed by atoms with van der Waals surface area (Å²) in [6.07, 6.45) is -4.78. The second-order valence-corrected chi connectivity index (χ2v) is 4.40. The van der Waals surface area contributed by atoms with Gasteiger partial charge in [0.1, 0.15) is 5.82 Å². The smallest absolute Gasteiger partial charge is 0.419 e. The summed E-state index contributed by atoms with van der Waals surface area (Å²) in [4.78, 5) is 11.6. The second kappa shape index (κ2) is 5.78. The number of hydrogen-bond acceptors (Lipinski definition) is 4. The van der Waals surface area contributed by atoms with Crippen LogP contribution in [0.25, 0.3) is 11.3 Å². The molecule has 0 amide bonds. The van der Waals surface area contributed by atoms with Gasteiger partial charge in [-0.15, -0.1) is 0 Å². The van der Waals surface area contributed by atoms with Gasteiger partial charge in [-0.3, -0.25) is 0 Å². The summed E-state index contributed by atoms with van der Waals surface area (Å²) in [5.74, 6) is -2.14. The van der Waals surface area contributed by atoms with E-state index in [4.69, 9.17) is 9.26 Å². The van der Waals surface area contributed by atoms with Crippen LogP contribution in [0.1, 0.15) is 28.5 Å². The molecule has 1 aromatic carbocycles. The Morgan fingerprint density at radius 1 is 1.36 bits per heavy atom. The normalized spacial score (nSPS) is 11.5. The molecule has 2 rings (SSSR count). The minimum Gasteiger partial charge on any atom is -0.461 e. The monoisotopic (exact) mass is 317 g/mol. The zero-order chi connectivity index (χ0) is 16.5. The number of hydrogen-bond donors (Lipinski definition) is 0. The van der Waals surface area contributed by atoms with Crippen LogP contribution in [0, 0.1) is 12.7 Å². The molecule has 0 aliphatic carbocycles. The van der Waals surface area contributed by atoms with Gasteiger partial charge >= 0.3 is 12.1 Å². The first-order valence-electron chi connectivity index (χ1n) is 6.26. The summed E-state index contributed by atoms with van der Waals surface area (Å²) in [6, 6.07) is 2.34. The Kier molecular flexibility index (Phi) is 4.20. The predicted molar refractivity (Wildman–Crippen MR) is 67.6 cm³/mol. The van der Waals surface area contributed by atoms with Gasteiger partial charge in [-0.2, -0.15) is 13.2 Å². The summed E-state index contributed by atoms with van der Waals surface area (Å²) in [5.41, 5.74) is -1.17. The molecule has 118 valence electrons. The van der Waals surface area contributed by atoms with Gasteiger partial charge in [-0.1, -0.05) is 11.2 Å². The first kappa shape index (κ1) is 16.0. The Hall–Kier alpha value is -2.38. The molecule has 0 saturated carbocycles. The SMILES string of the molecule is CCOC(=O)c1noc(-c2ccc(C(F)(F)F)c(F)c2)c1C. The highest BCUT2D eigenvalue weighted by Crippen LogP contribution is 2.34. The Morgan fingerprint density at radius 2 is 2.05 bits per heavy atom. The van der Waals surface area contributed by atoms with Crippen molar-refractivity contribution in [2.45, 2.75) is 20.0 Å². The van der Waals surface area contributed by atoms with E-state index in [-0.39, 0.29) is 29.2 Å². The fourth-order valence-corrected chi connectivity index (χ4v) is 1.88. The van der Waals surface area contributed by atoms with E-state index in [9.17, 15) is 22.4 Å². The van der Waals surface area contributed by atoms with Gasteiger partial charge < -0.3 is 9.26 Å². The fraction of sp³-hybridized carbons (Fsp3) is 0.286. The van der Waals surface area contributed by atoms with Crippen LogP contribution in [0.4, 0.5) is 17.6 Å². The fourth-order valence-electron chi connectivity index (χ4n) is 1.88. The highest BCUT2D eigenvalue weighted by Gasteiger charge is 2.34. The van der Waals surface area contributed by atoms with Gasteiger partial charge in [0, 0.05) is 11.1 Å². The van der Waals surface area contributed by atoms with Crippen LogP contribution in [-0.2, 0) is 10.9 Å². The van der Waals surface area contributed by atoms with E-state index in [1.165, 1.54) is 6.92 Å². The Balaban J connectivity index is 2.42. The van der Waals surface area contributed by atoms with Gasteiger partial charge in [0.25, 0.3) is 0 Å². The molecule has 0 aliphatic rings. The zero-order valence-electron chi connectivity index (χ0n) is 11.6. The minimum absolute atomic E-state index is 0.00989. The molecule has 1 aromatic heterocycles. The maximum absolute atomic E-state index is 13.6. The summed E-state index contributed by atoms with van der Waals surface area (Å²) in [6.45, 7) is 3.22. The van der Waals surface area contributed by atoms with E-state index >= 15 is 0 Å². The van der Waals surface area contributed by atoms with Crippen LogP contribution in [-0.4, -0.2) is 17.7 Å². The number of carbonyl (C=O) groups is 1. The van der Waals surface area contributed by atoms with Crippen LogP contribution >= 0.6 is 0 Å². The van der Waals surface area contributed by atoms with E-state index < -0.39 is 23.5 Å². The molecule has 8 heteroatoms. The Morgan fingerprint density at radius 3 is 2.59 bits per heavy atom. The molecule has 0 radical (unpaired) electrons. The summed E-state index contributed by atoms with van der Waals surface area (Å²) in [7, 11) is 0. The molecule has 2 aromatic rings. The molecule has 0 aliphatic heterocycles. The van der Waals surface area contributed by atoms with Crippen molar-refractivity contribution < 1.29 is 31.6 Å². The van der Waals surface area contributed by atoms with Gasteiger partial charge in [-0.25, -0.2) is 9.18 Å². The van der Waals surface area contributed by atoms with Gasteiger partial charge in [-0.05, 0) is 26.0 Å². The molecule has 1 heterocycles. The quantitative estimate of drug-likeness (QED) is 0.634. The molecule has 0 unspecified atom stereocenters. The van der Waals surface area contributed by atoms with Crippen molar-refractivity contribution >= 4 is 5.97 Å². The number of halogens is 4. The van der Waals surface area contributed by atoms with Crippen LogP contribution in [0.2, 0.25) is 0 Å². The van der Waals surface area contributed by atoms with Crippen molar-refractivity contribution in [3.05, 3.63) is 40.8 Å². The van der Waals surface area contributed by atoms with E-state index in [2.05, 4.69) is 5.16 Å². The van der Waals surface area contributed by atoms with Gasteiger partial charge in [0.05, 0.1) is 12.2 Å². The van der Waals surface area contributed by atoms with Crippen molar-refractivity contribution in [1.82, 2.24) is 5.16 Å². The first-order valence-corrected chi connectivity index (χ1v) is 6.26. The number of ether oxygens (including phenoxy) is 1. The second-order valence-electron chi connectivity index (χ2n) is 4.40. The van der Waals surface area contributed by atoms with E-state index in [0.717, 1.165) is 6.07 Å². The lowest BCUT2D eigenvalue weighted by molar-refractivity contribution is -0.139. The lowest BCUT2D eigenvalue weighted by Gasteiger charge is -2.08. The topological polar surface area (TPSA) is 52.3 Å². The average Bonchev–Trinajstić information content (AvgIpc) is 2.79. The highest BCUT2D eigenvalue weighted by atomic mass is 19.4. The third-order valence-electron chi connectivity index (χ3n) is 2.93. The molecule has 0 bridgehead atoms. The van der Waals surface area contributed by atoms with E-state index in [1.54, 1.807) is 6.92 Å². The van der Waals surface area contributed by atoms with E-state index in [0.29, 0.717) is 12.1 Å². The van der Waals surface area contributed by atoms with Crippen molar-refractivity contribution in [3.63, 3.8) is 0 Å². The summed E-state index contributed by atoms with van der Waals surface area (Å²) >= 11 is 0. The molecule has 22 heavy (non-hydrogen) atoms. The number of nitrogens with zero attached hydrogens (tertiary/aromatic N) is 1. The molecule has 0 spiro atoms. The van der Waals surface area contributed by atoms with E-state index in [1.807, 2.05) is 0 Å². The third kappa shape index (κ3) is 2.95. The number of esters is 1. The van der Waals surface area contributed by atoms with Crippen molar-refractivity contribution in [1.29, 1.82) is 0 Å². The van der Waals surface area contributed by atoms with Gasteiger partial charge in [0.2, 0.25) is 0 Å². The van der Waals surface area contributed by atoms with Crippen LogP contribution < -0.4 is 0 Å². The number of aromatic nitrogens is 1. The molecular weight excluding hydrogens is 306 g/mol. The molecule has 0 fully saturated rings. The number of alkyl halides is 3. The van der Waals surface area contributed by atoms with Crippen LogP contribution in [0.3, 0.4) is 0 Å². The standard InChI is InChI=1S/C14H11F4NO3/c1-3-21-13(20)11-7(2)12(22-19-11)8-4-5-9(10(15)6-8)14(16,17)18/h4-6H,3H2,1-2H3. The first-order chi connectivity index (χ1) is 10.3. The van der Waals surface area contributed by atoms with Crippen molar-refractivity contribution in [3.8, 4) is 11.3 Å². The molecule has 0 N–H and O–H groups in total. The Labute approximate surface area is 122 Å². The maximum atomic E-state index is 13.6. The number of benzene rings is 1. The predicted octanol–water partition coefficient (Wildman–Crippen LogP) is 3.98. The lowest BCUT2D eigenvalue weighted by atomic mass is 10.0. The molecule has 0 saturated heterocycles. The maximum Gasteiger partial charge on any atom is 0.419 e. The zero-order valence-corrected chi connectivity index (χ0v) is 11.6. The van der Waals surface area contributed by atoms with Crippen LogP contribution in [0.15, 0.2) is 22.7 Å². The highest BCUT2D eigenvalue weighted by molar-refractivity contribution is 5.90. The largest absolute Gasteiger partial charge is 0.461 e. The molecule has 4 nitrogen and oxygen atoms in total.